The Morgan fingerprint density at radius 1 is 0.209 bits per heavy atom. The summed E-state index contributed by atoms with van der Waals surface area (Å²) in [6.45, 7) is 14.5. The molecule has 0 atom stereocenters. The van der Waals surface area contributed by atoms with Crippen LogP contribution in [0.2, 0.25) is 0 Å². The van der Waals surface area contributed by atoms with Gasteiger partial charge in [-0.1, -0.05) is 256 Å². The first kappa shape index (κ1) is 80.1. The quantitative estimate of drug-likeness (QED) is 0.0779. The second-order valence-electron chi connectivity index (χ2n) is 31.9. The van der Waals surface area contributed by atoms with Crippen LogP contribution in [-0.4, -0.2) is 43.6 Å². The van der Waals surface area contributed by atoms with Gasteiger partial charge in [-0.25, -0.2) is 19.9 Å². The maximum Gasteiger partial charge on any atom is 0.294 e. The van der Waals surface area contributed by atoms with Gasteiger partial charge in [-0.15, -0.1) is 9.97 Å². The molecule has 18 heteroatoms. The second kappa shape index (κ2) is 34.2. The van der Waals surface area contributed by atoms with Crippen LogP contribution in [0.4, 0.5) is 62.8 Å². The van der Waals surface area contributed by atoms with E-state index in [0.29, 0.717) is 0 Å². The van der Waals surface area contributed by atoms with Gasteiger partial charge in [-0.05, 0) is 192 Å². The van der Waals surface area contributed by atoms with Crippen LogP contribution in [-0.2, 0) is 0 Å². The highest BCUT2D eigenvalue weighted by Crippen LogP contribution is 2.46. The van der Waals surface area contributed by atoms with E-state index in [0.717, 1.165) is 68.2 Å². The van der Waals surface area contributed by atoms with E-state index in [1.54, 1.807) is 24.3 Å². The summed E-state index contributed by atoms with van der Waals surface area (Å²) in [6, 6.07) is 155. The van der Waals surface area contributed by atoms with Crippen molar-refractivity contribution in [1.29, 1.82) is 21.0 Å². The molecule has 0 aliphatic rings. The van der Waals surface area contributed by atoms with Gasteiger partial charge in [0.15, 0.2) is 22.8 Å². The molecule has 0 bridgehead atoms. The Kier molecular flexibility index (Phi) is 20.4. The van der Waals surface area contributed by atoms with Crippen molar-refractivity contribution in [2.45, 2.75) is 0 Å². The summed E-state index contributed by atoms with van der Waals surface area (Å²) < 4.78 is 7.12. The Labute approximate surface area is 767 Å². The average molecular weight is 1710 g/mol. The standard InChI is InChI=1S/C54H36N4.C44H32N2.C18N12/c1-7-19-49-43(13-1)44-14-2-8-20-50(44)56(49)40-31-25-37(26-32-40)55(38-27-33-41(34-28-38)57-51-21-9-3-15-45(51)46-16-4-10-22-52(46)57)39-29-35-42(36-30-39)58-53-23-11-5-17-47(53)48-18-6-12-24-54(48)58;1-3-17-37(18-4-1)45(43-23-11-15-35-13-7-9-21-41(35)43)39-29-25-33(26-30-39)34-27-31-40(32-28-34)46(38-19-5-2-6-20-38)44-24-12-16-36-14-8-10-22-42(36)44;1-23-17-18(24-2)30-16-14-12(26-8(4-20)10(6-22)28-14)11-13(15(16)29-17)27-9(5-21)7(3-19)25-11/h1-36H;1-32H;. The van der Waals surface area contributed by atoms with E-state index in [-0.39, 0.29) is 67.5 Å². The Morgan fingerprint density at radius 2 is 0.425 bits per heavy atom. The number of rotatable bonds is 13. The molecular weight excluding hydrogens is 1650 g/mol. The van der Waals surface area contributed by atoms with Crippen molar-refractivity contribution in [3.8, 4) is 52.5 Å². The number of nitrogens with zero attached hydrogens (tertiary/aromatic N) is 18. The Balaban J connectivity index is 0.000000123. The predicted molar refractivity (Wildman–Crippen MR) is 538 cm³/mol. The molecule has 0 aliphatic heterocycles. The molecule has 24 rings (SSSR count). The van der Waals surface area contributed by atoms with E-state index in [2.05, 4.69) is 481 Å². The SMILES string of the molecule is [C-]#[N+]c1nc2c3nc(C#N)c(C#N)nc3c3nc(C#N)c(C#N)nc3c2nc1[N+]#[C-].c1ccc(N(c2ccc(-c3ccc(N(c4ccccc4)c4cccc5ccccc45)cc3)cc2)c2cccc3ccccc23)cc1.c1ccc2c(c1)c1ccccc1n2-c1ccc(N(c2ccc(-n3c4ccccc4c4ccccc43)cc2)c2ccc(-n3c4ccccc4c4ccccc43)cc2)cc1. The number of fused-ring (bicyclic) bond motifs is 17. The minimum Gasteiger partial charge on any atom is -0.370 e. The van der Waals surface area contributed by atoms with Gasteiger partial charge in [0.2, 0.25) is 11.0 Å². The van der Waals surface area contributed by atoms with Crippen molar-refractivity contribution in [2.75, 3.05) is 14.7 Å². The molecule has 18 aromatic carbocycles. The van der Waals surface area contributed by atoms with Crippen LogP contribution in [0.1, 0.15) is 22.8 Å². The second-order valence-corrected chi connectivity index (χ2v) is 31.9. The van der Waals surface area contributed by atoms with Crippen molar-refractivity contribution in [1.82, 2.24) is 43.6 Å². The van der Waals surface area contributed by atoms with Crippen molar-refractivity contribution >= 4 is 183 Å². The summed E-state index contributed by atoms with van der Waals surface area (Å²) in [5.74, 6) is -0.602. The highest BCUT2D eigenvalue weighted by Gasteiger charge is 2.29. The third kappa shape index (κ3) is 14.1. The number of para-hydroxylation sites is 8. The molecule has 18 nitrogen and oxygen atoms in total. The van der Waals surface area contributed by atoms with Crippen LogP contribution in [0, 0.1) is 58.5 Å². The van der Waals surface area contributed by atoms with Crippen molar-refractivity contribution in [3.63, 3.8) is 0 Å². The molecule has 0 aliphatic carbocycles. The van der Waals surface area contributed by atoms with Gasteiger partial charge in [-0.3, -0.25) is 0 Å². The fraction of sp³-hybridized carbons (Fsp3) is 0. The molecule has 0 saturated heterocycles. The lowest BCUT2D eigenvalue weighted by molar-refractivity contribution is 1.16. The first-order valence-electron chi connectivity index (χ1n) is 43.3. The number of hydrogen-bond donors (Lipinski definition) is 0. The van der Waals surface area contributed by atoms with E-state index in [1.165, 1.54) is 98.1 Å². The number of anilines is 9. The summed E-state index contributed by atoms with van der Waals surface area (Å²) in [5, 5.41) is 49.6. The molecule has 622 valence electrons. The third-order valence-corrected chi connectivity index (χ3v) is 24.4. The van der Waals surface area contributed by atoms with Crippen LogP contribution in [0.25, 0.3) is 158 Å². The number of aromatic nitrogens is 9. The van der Waals surface area contributed by atoms with Crippen LogP contribution in [0.5, 0.6) is 0 Å². The van der Waals surface area contributed by atoms with Gasteiger partial charge in [0.05, 0.1) is 44.5 Å². The summed E-state index contributed by atoms with van der Waals surface area (Å²) >= 11 is 0. The van der Waals surface area contributed by atoms with Crippen LogP contribution >= 0.6 is 0 Å². The maximum absolute atomic E-state index is 9.29. The Hall–Kier alpha value is -19.8. The fourth-order valence-electron chi connectivity index (χ4n) is 18.5. The number of benzene rings is 18. The molecule has 24 aromatic rings. The lowest BCUT2D eigenvalue weighted by Gasteiger charge is -2.27. The summed E-state index contributed by atoms with van der Waals surface area (Å²) in [7, 11) is 0. The first-order valence-corrected chi connectivity index (χ1v) is 43.3. The van der Waals surface area contributed by atoms with Crippen LogP contribution < -0.4 is 14.7 Å². The predicted octanol–water partition coefficient (Wildman–Crippen LogP) is 29.2. The molecule has 0 spiro atoms. The zero-order chi connectivity index (χ0) is 90.3. The molecule has 6 heterocycles. The Morgan fingerprint density at radius 3 is 0.694 bits per heavy atom. The lowest BCUT2D eigenvalue weighted by Crippen LogP contribution is -2.10. The minimum atomic E-state index is -0.301. The summed E-state index contributed by atoms with van der Waals surface area (Å²) in [6.07, 6.45) is 0. The summed E-state index contributed by atoms with van der Waals surface area (Å²) in [5.41, 5.74) is 21.8. The molecule has 0 unspecified atom stereocenters. The fourth-order valence-corrected chi connectivity index (χ4v) is 18.5. The van der Waals surface area contributed by atoms with Gasteiger partial charge in [0, 0.05) is 100.0 Å². The molecular formula is C116H68N18. The van der Waals surface area contributed by atoms with Gasteiger partial charge < -0.3 is 38.1 Å². The highest BCUT2D eigenvalue weighted by molar-refractivity contribution is 6.19. The number of nitriles is 4. The van der Waals surface area contributed by atoms with E-state index in [4.69, 9.17) is 13.1 Å². The van der Waals surface area contributed by atoms with Gasteiger partial charge in [-0.2, -0.15) is 21.0 Å². The third-order valence-electron chi connectivity index (χ3n) is 24.4. The first-order chi connectivity index (χ1) is 66.2. The van der Waals surface area contributed by atoms with Gasteiger partial charge in [0.1, 0.15) is 46.3 Å². The van der Waals surface area contributed by atoms with Crippen molar-refractivity contribution < 1.29 is 0 Å². The topological polar surface area (TPSA) is 206 Å². The van der Waals surface area contributed by atoms with Crippen LogP contribution in [0.15, 0.2) is 413 Å². The monoisotopic (exact) mass is 1710 g/mol. The van der Waals surface area contributed by atoms with E-state index >= 15 is 0 Å². The minimum absolute atomic E-state index is 0.00714. The van der Waals surface area contributed by atoms with Gasteiger partial charge in [0.25, 0.3) is 11.6 Å². The van der Waals surface area contributed by atoms with Crippen molar-refractivity contribution in [2.24, 2.45) is 0 Å². The molecule has 0 amide bonds. The van der Waals surface area contributed by atoms with E-state index in [1.807, 2.05) is 0 Å². The largest absolute Gasteiger partial charge is 0.370 e. The molecule has 0 fully saturated rings. The summed E-state index contributed by atoms with van der Waals surface area (Å²) in [4.78, 5) is 38.2. The normalized spacial score (nSPS) is 11.1. The molecule has 6 aromatic heterocycles. The Bertz CT molecular complexity index is 8020. The average Bonchev–Trinajstić information content (AvgIpc) is 1.32. The molecule has 0 radical (unpaired) electrons. The van der Waals surface area contributed by atoms with Gasteiger partial charge >= 0.3 is 0 Å². The zero-order valence-corrected chi connectivity index (χ0v) is 71.3. The van der Waals surface area contributed by atoms with E-state index in [9.17, 15) is 21.0 Å². The molecule has 0 N–H and O–H groups in total. The lowest BCUT2D eigenvalue weighted by atomic mass is 10.0. The van der Waals surface area contributed by atoms with Crippen molar-refractivity contribution in [3.05, 3.63) is 458 Å². The van der Waals surface area contributed by atoms with E-state index < -0.39 is 0 Å². The molecule has 134 heavy (non-hydrogen) atoms. The molecule has 0 saturated carbocycles. The van der Waals surface area contributed by atoms with Crippen LogP contribution in [0.3, 0.4) is 0 Å². The number of hydrogen-bond acceptors (Lipinski definition) is 13. The smallest absolute Gasteiger partial charge is 0.294 e. The highest BCUT2D eigenvalue weighted by atomic mass is 15.2. The zero-order valence-electron chi connectivity index (χ0n) is 71.3. The maximum atomic E-state index is 9.29.